The molecule has 2 amide bonds. The average molecular weight is 469 g/mol. The lowest BCUT2D eigenvalue weighted by atomic mass is 9.95. The molecule has 5 rings (SSSR count). The van der Waals surface area contributed by atoms with Crippen LogP contribution in [0.15, 0.2) is 57.8 Å². The topological polar surface area (TPSA) is 108 Å². The number of piperidine rings is 1. The van der Waals surface area contributed by atoms with E-state index in [0.717, 1.165) is 6.42 Å². The Morgan fingerprint density at radius 3 is 2.67 bits per heavy atom. The molecule has 33 heavy (non-hydrogen) atoms. The Hall–Kier alpha value is -3.40. The number of amides is 2. The van der Waals surface area contributed by atoms with E-state index >= 15 is 0 Å². The maximum Gasteiger partial charge on any atom is 0.285 e. The van der Waals surface area contributed by atoms with Gasteiger partial charge < -0.3 is 19.9 Å². The number of amidine groups is 1. The third-order valence-electron chi connectivity index (χ3n) is 6.26. The van der Waals surface area contributed by atoms with Gasteiger partial charge in [-0.25, -0.2) is 0 Å². The summed E-state index contributed by atoms with van der Waals surface area (Å²) in [6, 6.07) is 13.9. The number of likely N-dealkylation sites (N-methyl/N-ethyl adjacent to an activating group) is 1. The number of anilines is 1. The second kappa shape index (κ2) is 8.18. The van der Waals surface area contributed by atoms with Crippen LogP contribution in [0.1, 0.15) is 18.4 Å². The van der Waals surface area contributed by atoms with Gasteiger partial charge in [0.2, 0.25) is 5.91 Å². The molecular weight excluding hydrogens is 444 g/mol. The first-order chi connectivity index (χ1) is 15.9. The molecule has 10 heteroatoms. The third kappa shape index (κ3) is 3.74. The maximum absolute atomic E-state index is 13.7. The van der Waals surface area contributed by atoms with E-state index in [2.05, 4.69) is 9.71 Å². The molecule has 2 atom stereocenters. The second-order valence-corrected chi connectivity index (χ2v) is 9.88. The van der Waals surface area contributed by atoms with Gasteiger partial charge >= 0.3 is 0 Å². The quantitative estimate of drug-likeness (QED) is 0.714. The fourth-order valence-corrected chi connectivity index (χ4v) is 5.88. The minimum absolute atomic E-state index is 0.112. The highest BCUT2D eigenvalue weighted by Gasteiger charge is 2.39. The van der Waals surface area contributed by atoms with Crippen LogP contribution in [0.3, 0.4) is 0 Å². The van der Waals surface area contributed by atoms with Crippen LogP contribution in [0.25, 0.3) is 0 Å². The summed E-state index contributed by atoms with van der Waals surface area (Å²) in [5, 5.41) is 2.58. The summed E-state index contributed by atoms with van der Waals surface area (Å²) < 4.78 is 34.8. The Bertz CT molecular complexity index is 1260. The van der Waals surface area contributed by atoms with Crippen molar-refractivity contribution in [3.05, 3.63) is 54.1 Å². The fraction of sp³-hybridized carbons (Fsp3) is 0.348. The van der Waals surface area contributed by atoms with E-state index in [0.29, 0.717) is 42.3 Å². The van der Waals surface area contributed by atoms with Gasteiger partial charge in [-0.3, -0.25) is 9.59 Å². The number of nitrogens with zero attached hydrogens (tertiary/aromatic N) is 3. The van der Waals surface area contributed by atoms with Gasteiger partial charge in [0.15, 0.2) is 11.9 Å². The van der Waals surface area contributed by atoms with Crippen LogP contribution >= 0.6 is 0 Å². The van der Waals surface area contributed by atoms with Crippen molar-refractivity contribution >= 4 is 33.4 Å². The Labute approximate surface area is 192 Å². The van der Waals surface area contributed by atoms with E-state index in [1.54, 1.807) is 47.4 Å². The van der Waals surface area contributed by atoms with Gasteiger partial charge in [0.05, 0.1) is 18.2 Å². The number of hydrogen-bond acceptors (Lipinski definition) is 6. The fourth-order valence-electron chi connectivity index (χ4n) is 4.65. The highest BCUT2D eigenvalue weighted by molar-refractivity contribution is 7.90. The van der Waals surface area contributed by atoms with Crippen LogP contribution in [0.4, 0.5) is 5.69 Å². The predicted molar refractivity (Wildman–Crippen MR) is 122 cm³/mol. The lowest BCUT2D eigenvalue weighted by Gasteiger charge is -2.39. The molecule has 0 radical (unpaired) electrons. The number of para-hydroxylation sites is 2. The minimum Gasteiger partial charge on any atom is -0.477 e. The van der Waals surface area contributed by atoms with Crippen molar-refractivity contribution in [3.8, 4) is 5.75 Å². The number of sulfonamides is 1. The van der Waals surface area contributed by atoms with Crippen LogP contribution in [0, 0.1) is 5.92 Å². The number of nitrogens with one attached hydrogen (secondary N) is 1. The molecule has 0 aromatic heterocycles. The molecule has 3 heterocycles. The SMILES string of the molecule is CNC(=O)[C@@H]1CN(C(=O)[C@@H]2CCCN(C3=NS(=O)(=O)c4ccccc43)C2)c2ccccc2O1. The van der Waals surface area contributed by atoms with Crippen molar-refractivity contribution in [2.24, 2.45) is 10.3 Å². The van der Waals surface area contributed by atoms with E-state index in [9.17, 15) is 18.0 Å². The number of fused-ring (bicyclic) bond motifs is 2. The molecule has 1 N–H and O–H groups in total. The number of carbonyl (C=O) groups is 2. The van der Waals surface area contributed by atoms with E-state index in [-0.39, 0.29) is 29.2 Å². The molecule has 2 aromatic carbocycles. The molecule has 2 aromatic rings. The molecule has 0 unspecified atom stereocenters. The Kier molecular flexibility index (Phi) is 5.32. The maximum atomic E-state index is 13.7. The monoisotopic (exact) mass is 468 g/mol. The summed E-state index contributed by atoms with van der Waals surface area (Å²) in [6.07, 6.45) is 0.591. The highest BCUT2D eigenvalue weighted by Crippen LogP contribution is 2.36. The Balaban J connectivity index is 1.41. The van der Waals surface area contributed by atoms with E-state index in [1.165, 1.54) is 7.05 Å². The van der Waals surface area contributed by atoms with Crippen molar-refractivity contribution in [2.45, 2.75) is 23.8 Å². The van der Waals surface area contributed by atoms with Crippen molar-refractivity contribution < 1.29 is 22.7 Å². The number of likely N-dealkylation sites (tertiary alicyclic amines) is 1. The van der Waals surface area contributed by atoms with Gasteiger partial charge in [-0.1, -0.05) is 24.3 Å². The van der Waals surface area contributed by atoms with Crippen LogP contribution in [0.2, 0.25) is 0 Å². The van der Waals surface area contributed by atoms with Crippen LogP contribution in [-0.4, -0.2) is 63.8 Å². The summed E-state index contributed by atoms with van der Waals surface area (Å²) in [5.74, 6) is 0.106. The number of ether oxygens (including phenoxy) is 1. The molecule has 0 aliphatic carbocycles. The molecule has 3 aliphatic rings. The summed E-state index contributed by atoms with van der Waals surface area (Å²) in [6.45, 7) is 1.09. The Morgan fingerprint density at radius 2 is 1.85 bits per heavy atom. The third-order valence-corrected chi connectivity index (χ3v) is 7.59. The zero-order valence-corrected chi connectivity index (χ0v) is 18.9. The van der Waals surface area contributed by atoms with Crippen molar-refractivity contribution in [1.82, 2.24) is 10.2 Å². The predicted octanol–water partition coefficient (Wildman–Crippen LogP) is 1.39. The number of hydrogen-bond donors (Lipinski definition) is 1. The highest BCUT2D eigenvalue weighted by atomic mass is 32.2. The summed E-state index contributed by atoms with van der Waals surface area (Å²) in [7, 11) is -2.20. The molecule has 9 nitrogen and oxygen atoms in total. The standard InChI is InChI=1S/C23H24N4O5S/c1-24-22(28)19-14-27(17-9-3-4-10-18(17)32-19)23(29)15-7-6-12-26(13-15)21-16-8-2-5-11-20(16)33(30,31)25-21/h2-5,8-11,15,19H,6-7,12-14H2,1H3,(H,24,28)/t15-,19+/m1/s1. The largest absolute Gasteiger partial charge is 0.477 e. The van der Waals surface area contributed by atoms with Crippen molar-refractivity contribution in [2.75, 3.05) is 31.6 Å². The molecule has 0 saturated carbocycles. The van der Waals surface area contributed by atoms with Gasteiger partial charge in [-0.05, 0) is 37.1 Å². The van der Waals surface area contributed by atoms with Crippen molar-refractivity contribution in [1.29, 1.82) is 0 Å². The number of rotatable bonds is 2. The van der Waals surface area contributed by atoms with Gasteiger partial charge in [-0.15, -0.1) is 4.40 Å². The van der Waals surface area contributed by atoms with Gasteiger partial charge in [0, 0.05) is 25.7 Å². The molecule has 3 aliphatic heterocycles. The van der Waals surface area contributed by atoms with Crippen LogP contribution < -0.4 is 15.0 Å². The zero-order chi connectivity index (χ0) is 23.2. The van der Waals surface area contributed by atoms with E-state index in [4.69, 9.17) is 4.74 Å². The van der Waals surface area contributed by atoms with E-state index < -0.39 is 16.1 Å². The van der Waals surface area contributed by atoms with Crippen LogP contribution in [0.5, 0.6) is 5.75 Å². The second-order valence-electron chi connectivity index (χ2n) is 8.31. The molecule has 1 fully saturated rings. The first kappa shape index (κ1) is 21.4. The Morgan fingerprint density at radius 1 is 1.09 bits per heavy atom. The average Bonchev–Trinajstić information content (AvgIpc) is 3.13. The molecule has 172 valence electrons. The first-order valence-corrected chi connectivity index (χ1v) is 12.3. The summed E-state index contributed by atoms with van der Waals surface area (Å²) in [5.41, 5.74) is 1.20. The number of carbonyl (C=O) groups excluding carboxylic acids is 2. The first-order valence-electron chi connectivity index (χ1n) is 10.9. The molecule has 0 bridgehead atoms. The summed E-state index contributed by atoms with van der Waals surface area (Å²) >= 11 is 0. The minimum atomic E-state index is -3.73. The van der Waals surface area contributed by atoms with Crippen LogP contribution in [-0.2, 0) is 19.6 Å². The van der Waals surface area contributed by atoms with Gasteiger partial charge in [-0.2, -0.15) is 8.42 Å². The van der Waals surface area contributed by atoms with Gasteiger partial charge in [0.25, 0.3) is 15.9 Å². The normalized spacial score (nSPS) is 23.1. The zero-order valence-electron chi connectivity index (χ0n) is 18.1. The molecular formula is C23H24N4O5S. The lowest BCUT2D eigenvalue weighted by molar-refractivity contribution is -0.128. The lowest BCUT2D eigenvalue weighted by Crippen LogP contribution is -2.53. The smallest absolute Gasteiger partial charge is 0.285 e. The summed E-state index contributed by atoms with van der Waals surface area (Å²) in [4.78, 5) is 29.6. The van der Waals surface area contributed by atoms with Gasteiger partial charge in [0.1, 0.15) is 10.6 Å². The van der Waals surface area contributed by atoms with Crippen molar-refractivity contribution in [3.63, 3.8) is 0 Å². The number of benzene rings is 2. The molecule has 1 saturated heterocycles. The molecule has 0 spiro atoms. The van der Waals surface area contributed by atoms with E-state index in [1.807, 2.05) is 11.0 Å².